The van der Waals surface area contributed by atoms with Gasteiger partial charge in [-0.2, -0.15) is 0 Å². The Balaban J connectivity index is 2.06. The molecule has 0 aliphatic heterocycles. The molecule has 106 valence electrons. The Morgan fingerprint density at radius 2 is 1.81 bits per heavy atom. The maximum absolute atomic E-state index is 12.8. The minimum Gasteiger partial charge on any atom is -0.361 e. The van der Waals surface area contributed by atoms with Crippen LogP contribution in [0.15, 0.2) is 51.5 Å². The number of hydrogen-bond acceptors (Lipinski definition) is 5. The molecule has 1 unspecified atom stereocenters. The van der Waals surface area contributed by atoms with Gasteiger partial charge in [-0.3, -0.25) is 4.79 Å². The standard InChI is InChI=1S/C16H14N2O3/c1-10-8-14(21-17-10)15(13-9-11(2)20-18-13)16(19)12-6-4-3-5-7-12/h3-9,15H,1-2H3. The van der Waals surface area contributed by atoms with Gasteiger partial charge in [-0.25, -0.2) is 0 Å². The van der Waals surface area contributed by atoms with E-state index in [9.17, 15) is 4.79 Å². The van der Waals surface area contributed by atoms with Crippen molar-refractivity contribution in [2.24, 2.45) is 0 Å². The molecule has 3 rings (SSSR count). The van der Waals surface area contributed by atoms with E-state index in [1.807, 2.05) is 25.1 Å². The lowest BCUT2D eigenvalue weighted by Gasteiger charge is -2.09. The Bertz CT molecular complexity index is 718. The van der Waals surface area contributed by atoms with Gasteiger partial charge in [-0.1, -0.05) is 40.6 Å². The van der Waals surface area contributed by atoms with E-state index in [2.05, 4.69) is 10.3 Å². The fraction of sp³-hybridized carbons (Fsp3) is 0.188. The summed E-state index contributed by atoms with van der Waals surface area (Å²) in [4.78, 5) is 12.8. The first-order valence-corrected chi connectivity index (χ1v) is 6.61. The Morgan fingerprint density at radius 3 is 2.38 bits per heavy atom. The molecule has 21 heavy (non-hydrogen) atoms. The summed E-state index contributed by atoms with van der Waals surface area (Å²) in [6.07, 6.45) is 0. The summed E-state index contributed by atoms with van der Waals surface area (Å²) < 4.78 is 10.4. The second kappa shape index (κ2) is 5.36. The molecule has 1 atom stereocenters. The smallest absolute Gasteiger partial charge is 0.179 e. The molecule has 0 N–H and O–H groups in total. The number of benzene rings is 1. The van der Waals surface area contributed by atoms with Crippen molar-refractivity contribution in [3.8, 4) is 0 Å². The van der Waals surface area contributed by atoms with E-state index >= 15 is 0 Å². The van der Waals surface area contributed by atoms with Crippen molar-refractivity contribution in [2.45, 2.75) is 19.8 Å². The topological polar surface area (TPSA) is 69.1 Å². The van der Waals surface area contributed by atoms with Gasteiger partial charge in [0, 0.05) is 17.7 Å². The molecule has 0 aliphatic carbocycles. The van der Waals surface area contributed by atoms with Crippen molar-refractivity contribution in [2.75, 3.05) is 0 Å². The quantitative estimate of drug-likeness (QED) is 0.687. The molecule has 0 radical (unpaired) electrons. The van der Waals surface area contributed by atoms with Gasteiger partial charge in [0.15, 0.2) is 11.5 Å². The fourth-order valence-electron chi connectivity index (χ4n) is 2.22. The van der Waals surface area contributed by atoms with Crippen molar-refractivity contribution in [3.05, 3.63) is 70.9 Å². The third kappa shape index (κ3) is 2.63. The highest BCUT2D eigenvalue weighted by Crippen LogP contribution is 2.28. The van der Waals surface area contributed by atoms with E-state index in [1.165, 1.54) is 0 Å². The molecular weight excluding hydrogens is 268 g/mol. The van der Waals surface area contributed by atoms with E-state index in [0.29, 0.717) is 22.8 Å². The van der Waals surface area contributed by atoms with Gasteiger partial charge in [0.1, 0.15) is 17.4 Å². The highest BCUT2D eigenvalue weighted by Gasteiger charge is 2.30. The van der Waals surface area contributed by atoms with Crippen LogP contribution in [0.3, 0.4) is 0 Å². The minimum absolute atomic E-state index is 0.0972. The largest absolute Gasteiger partial charge is 0.361 e. The summed E-state index contributed by atoms with van der Waals surface area (Å²) in [5.41, 5.74) is 1.84. The summed E-state index contributed by atoms with van der Waals surface area (Å²) in [7, 11) is 0. The molecule has 0 saturated carbocycles. The van der Waals surface area contributed by atoms with Crippen molar-refractivity contribution in [1.82, 2.24) is 10.3 Å². The first-order chi connectivity index (χ1) is 10.1. The highest BCUT2D eigenvalue weighted by molar-refractivity contribution is 6.02. The van der Waals surface area contributed by atoms with Crippen LogP contribution in [-0.4, -0.2) is 16.1 Å². The third-order valence-electron chi connectivity index (χ3n) is 3.19. The number of hydrogen-bond donors (Lipinski definition) is 0. The molecule has 3 aromatic rings. The predicted molar refractivity (Wildman–Crippen MR) is 75.1 cm³/mol. The predicted octanol–water partition coefficient (Wildman–Crippen LogP) is 3.29. The monoisotopic (exact) mass is 282 g/mol. The Morgan fingerprint density at radius 1 is 1.05 bits per heavy atom. The molecular formula is C16H14N2O3. The molecule has 5 nitrogen and oxygen atoms in total. The van der Waals surface area contributed by atoms with Crippen molar-refractivity contribution >= 4 is 5.78 Å². The van der Waals surface area contributed by atoms with Gasteiger partial charge in [0.2, 0.25) is 0 Å². The zero-order valence-electron chi connectivity index (χ0n) is 11.7. The van der Waals surface area contributed by atoms with Crippen LogP contribution >= 0.6 is 0 Å². The number of carbonyl (C=O) groups is 1. The van der Waals surface area contributed by atoms with Crippen LogP contribution < -0.4 is 0 Å². The fourth-order valence-corrected chi connectivity index (χ4v) is 2.22. The van der Waals surface area contributed by atoms with Gasteiger partial charge in [0.05, 0.1) is 5.69 Å². The first kappa shape index (κ1) is 13.3. The van der Waals surface area contributed by atoms with E-state index < -0.39 is 5.92 Å². The minimum atomic E-state index is -0.647. The number of aromatic nitrogens is 2. The van der Waals surface area contributed by atoms with Crippen LogP contribution in [0.4, 0.5) is 0 Å². The highest BCUT2D eigenvalue weighted by atomic mass is 16.5. The number of carbonyl (C=O) groups excluding carboxylic acids is 1. The molecule has 1 aromatic carbocycles. The first-order valence-electron chi connectivity index (χ1n) is 6.61. The second-order valence-corrected chi connectivity index (χ2v) is 4.90. The third-order valence-corrected chi connectivity index (χ3v) is 3.19. The van der Waals surface area contributed by atoms with Gasteiger partial charge in [-0.05, 0) is 13.8 Å². The average Bonchev–Trinajstić information content (AvgIpc) is 3.10. The summed E-state index contributed by atoms with van der Waals surface area (Å²) >= 11 is 0. The molecule has 0 amide bonds. The number of ketones is 1. The lowest BCUT2D eigenvalue weighted by atomic mass is 9.92. The number of aryl methyl sites for hydroxylation is 2. The van der Waals surface area contributed by atoms with E-state index in [0.717, 1.165) is 5.69 Å². The maximum Gasteiger partial charge on any atom is 0.179 e. The van der Waals surface area contributed by atoms with Crippen LogP contribution in [0.5, 0.6) is 0 Å². The summed E-state index contributed by atoms with van der Waals surface area (Å²) in [6.45, 7) is 3.59. The van der Waals surface area contributed by atoms with Crippen LogP contribution in [-0.2, 0) is 0 Å². The van der Waals surface area contributed by atoms with Crippen molar-refractivity contribution in [1.29, 1.82) is 0 Å². The zero-order valence-corrected chi connectivity index (χ0v) is 11.7. The maximum atomic E-state index is 12.8. The van der Waals surface area contributed by atoms with Gasteiger partial charge in [0.25, 0.3) is 0 Å². The Hall–Kier alpha value is -2.69. The molecule has 2 aromatic heterocycles. The number of Topliss-reactive ketones (excluding diaryl/α,β-unsaturated/α-hetero) is 1. The molecule has 0 aliphatic rings. The Labute approximate surface area is 121 Å². The zero-order chi connectivity index (χ0) is 14.8. The average molecular weight is 282 g/mol. The van der Waals surface area contributed by atoms with Crippen LogP contribution in [0.25, 0.3) is 0 Å². The number of nitrogens with zero attached hydrogens (tertiary/aromatic N) is 2. The lowest BCUT2D eigenvalue weighted by molar-refractivity contribution is 0.0959. The molecule has 0 bridgehead atoms. The molecule has 0 spiro atoms. The number of rotatable bonds is 4. The van der Waals surface area contributed by atoms with E-state index in [1.54, 1.807) is 31.2 Å². The van der Waals surface area contributed by atoms with Crippen LogP contribution in [0, 0.1) is 13.8 Å². The summed E-state index contributed by atoms with van der Waals surface area (Å²) in [5, 5.41) is 7.83. The molecule has 2 heterocycles. The van der Waals surface area contributed by atoms with E-state index in [4.69, 9.17) is 9.05 Å². The SMILES string of the molecule is Cc1cc(C(C(=O)c2ccccc2)c2cc(C)on2)on1. The molecule has 0 fully saturated rings. The molecule has 5 heteroatoms. The van der Waals surface area contributed by atoms with E-state index in [-0.39, 0.29) is 5.78 Å². The Kier molecular flexibility index (Phi) is 3.39. The normalized spacial score (nSPS) is 12.3. The van der Waals surface area contributed by atoms with Crippen LogP contribution in [0.2, 0.25) is 0 Å². The summed E-state index contributed by atoms with van der Waals surface area (Å²) in [5.74, 6) is 0.368. The van der Waals surface area contributed by atoms with Gasteiger partial charge >= 0.3 is 0 Å². The molecule has 0 saturated heterocycles. The second-order valence-electron chi connectivity index (χ2n) is 4.90. The van der Waals surface area contributed by atoms with Crippen molar-refractivity contribution < 1.29 is 13.8 Å². The lowest BCUT2D eigenvalue weighted by Crippen LogP contribution is -2.14. The summed E-state index contributed by atoms with van der Waals surface area (Å²) in [6, 6.07) is 12.5. The van der Waals surface area contributed by atoms with Gasteiger partial charge < -0.3 is 9.05 Å². The van der Waals surface area contributed by atoms with Crippen molar-refractivity contribution in [3.63, 3.8) is 0 Å². The van der Waals surface area contributed by atoms with Gasteiger partial charge in [-0.15, -0.1) is 0 Å². The van der Waals surface area contributed by atoms with Crippen LogP contribution in [0.1, 0.15) is 39.2 Å².